The fraction of sp³-hybridized carbons (Fsp3) is 0.455. The zero-order valence-corrected chi connectivity index (χ0v) is 7.84. The minimum atomic E-state index is -0.551. The largest absolute Gasteiger partial charge is 0.394 e. The molecule has 3 nitrogen and oxygen atoms in total. The Morgan fingerprint density at radius 3 is 2.57 bits per heavy atom. The first-order valence-electron chi connectivity index (χ1n) is 4.80. The Kier molecular flexibility index (Phi) is 2.82. The smallest absolute Gasteiger partial charge is 0.107 e. The molecule has 3 atom stereocenters. The van der Waals surface area contributed by atoms with Gasteiger partial charge in [-0.15, -0.1) is 0 Å². The molecule has 1 aliphatic rings. The van der Waals surface area contributed by atoms with Crippen molar-refractivity contribution in [3.8, 4) is 0 Å². The standard InChI is InChI=1S/C11H14O3/c12-7-11-9(13)6-10(14-11)8-4-2-1-3-5-8/h1-5,9-13H,6-7H2/t9-,10+,11+/m0/s1. The molecular weight excluding hydrogens is 180 g/mol. The Balaban J connectivity index is 2.09. The minimum absolute atomic E-state index is 0.0802. The normalized spacial score (nSPS) is 32.0. The number of hydrogen-bond acceptors (Lipinski definition) is 3. The van der Waals surface area contributed by atoms with Crippen molar-refractivity contribution in [2.45, 2.75) is 24.7 Å². The van der Waals surface area contributed by atoms with Crippen molar-refractivity contribution in [1.29, 1.82) is 0 Å². The summed E-state index contributed by atoms with van der Waals surface area (Å²) in [6, 6.07) is 9.77. The van der Waals surface area contributed by atoms with E-state index < -0.39 is 12.2 Å². The highest BCUT2D eigenvalue weighted by Gasteiger charge is 2.33. The molecule has 1 aliphatic heterocycles. The van der Waals surface area contributed by atoms with Crippen LogP contribution in [-0.4, -0.2) is 29.0 Å². The fourth-order valence-corrected chi connectivity index (χ4v) is 1.78. The van der Waals surface area contributed by atoms with Crippen molar-refractivity contribution in [2.75, 3.05) is 6.61 Å². The van der Waals surface area contributed by atoms with Gasteiger partial charge in [-0.2, -0.15) is 0 Å². The summed E-state index contributed by atoms with van der Waals surface area (Å²) in [6.07, 6.45) is -0.497. The lowest BCUT2D eigenvalue weighted by Gasteiger charge is -2.11. The molecule has 0 saturated carbocycles. The number of rotatable bonds is 2. The summed E-state index contributed by atoms with van der Waals surface area (Å²) in [7, 11) is 0. The first-order chi connectivity index (χ1) is 6.81. The van der Waals surface area contributed by atoms with Gasteiger partial charge >= 0.3 is 0 Å². The second kappa shape index (κ2) is 4.09. The first kappa shape index (κ1) is 9.65. The first-order valence-corrected chi connectivity index (χ1v) is 4.80. The van der Waals surface area contributed by atoms with E-state index in [9.17, 15) is 5.11 Å². The molecule has 1 aromatic carbocycles. The van der Waals surface area contributed by atoms with Crippen LogP contribution in [0.4, 0.5) is 0 Å². The van der Waals surface area contributed by atoms with Crippen molar-refractivity contribution < 1.29 is 14.9 Å². The van der Waals surface area contributed by atoms with Crippen molar-refractivity contribution in [3.05, 3.63) is 35.9 Å². The van der Waals surface area contributed by atoms with Crippen molar-refractivity contribution in [2.24, 2.45) is 0 Å². The van der Waals surface area contributed by atoms with Crippen LogP contribution in [0.2, 0.25) is 0 Å². The van der Waals surface area contributed by atoms with Gasteiger partial charge in [-0.1, -0.05) is 30.3 Å². The summed E-state index contributed by atoms with van der Waals surface area (Å²) in [5.41, 5.74) is 1.06. The highest BCUT2D eigenvalue weighted by atomic mass is 16.5. The predicted octanol–water partition coefficient (Wildman–Crippen LogP) is 0.870. The third kappa shape index (κ3) is 1.80. The maximum absolute atomic E-state index is 9.54. The maximum atomic E-state index is 9.54. The van der Waals surface area contributed by atoms with Crippen LogP contribution in [0, 0.1) is 0 Å². The summed E-state index contributed by atoms with van der Waals surface area (Å²) in [5, 5.41) is 18.5. The van der Waals surface area contributed by atoms with Crippen LogP contribution in [0.25, 0.3) is 0 Å². The van der Waals surface area contributed by atoms with Gasteiger partial charge in [0.1, 0.15) is 6.10 Å². The van der Waals surface area contributed by atoms with Gasteiger partial charge in [-0.3, -0.25) is 0 Å². The number of benzene rings is 1. The third-order valence-corrected chi connectivity index (χ3v) is 2.58. The fourth-order valence-electron chi connectivity index (χ4n) is 1.78. The lowest BCUT2D eigenvalue weighted by Crippen LogP contribution is -2.24. The SMILES string of the molecule is OC[C@H]1O[C@@H](c2ccccc2)C[C@@H]1O. The Hall–Kier alpha value is -0.900. The van der Waals surface area contributed by atoms with Gasteiger partial charge < -0.3 is 14.9 Å². The lowest BCUT2D eigenvalue weighted by molar-refractivity contribution is -0.0225. The molecule has 0 bridgehead atoms. The molecule has 1 heterocycles. The number of hydrogen-bond donors (Lipinski definition) is 2. The predicted molar refractivity (Wildman–Crippen MR) is 51.8 cm³/mol. The topological polar surface area (TPSA) is 49.7 Å². The summed E-state index contributed by atoms with van der Waals surface area (Å²) < 4.78 is 5.51. The molecule has 1 fully saturated rings. The van der Waals surface area contributed by atoms with Crippen molar-refractivity contribution >= 4 is 0 Å². The number of aliphatic hydroxyl groups excluding tert-OH is 2. The third-order valence-electron chi connectivity index (χ3n) is 2.58. The van der Waals surface area contributed by atoms with E-state index in [1.807, 2.05) is 30.3 Å². The summed E-state index contributed by atoms with van der Waals surface area (Å²) in [6.45, 7) is -0.121. The van der Waals surface area contributed by atoms with Gasteiger partial charge in [0.15, 0.2) is 0 Å². The van der Waals surface area contributed by atoms with E-state index in [-0.39, 0.29) is 12.7 Å². The molecule has 14 heavy (non-hydrogen) atoms. The zero-order valence-electron chi connectivity index (χ0n) is 7.84. The lowest BCUT2D eigenvalue weighted by atomic mass is 10.1. The second-order valence-electron chi connectivity index (χ2n) is 3.56. The van der Waals surface area contributed by atoms with Gasteiger partial charge in [-0.25, -0.2) is 0 Å². The van der Waals surface area contributed by atoms with E-state index in [1.54, 1.807) is 0 Å². The molecule has 0 spiro atoms. The average Bonchev–Trinajstić information content (AvgIpc) is 2.61. The second-order valence-corrected chi connectivity index (χ2v) is 3.56. The number of ether oxygens (including phenoxy) is 1. The summed E-state index contributed by atoms with van der Waals surface area (Å²) in [5.74, 6) is 0. The van der Waals surface area contributed by atoms with Gasteiger partial charge in [0.25, 0.3) is 0 Å². The molecule has 3 heteroatoms. The van der Waals surface area contributed by atoms with Crippen LogP contribution >= 0.6 is 0 Å². The molecule has 0 radical (unpaired) electrons. The maximum Gasteiger partial charge on any atom is 0.107 e. The van der Waals surface area contributed by atoms with Crippen LogP contribution in [0.15, 0.2) is 30.3 Å². The van der Waals surface area contributed by atoms with Gasteiger partial charge in [0.05, 0.1) is 18.8 Å². The van der Waals surface area contributed by atoms with Crippen LogP contribution in [0.5, 0.6) is 0 Å². The van der Waals surface area contributed by atoms with E-state index in [2.05, 4.69) is 0 Å². The molecule has 1 saturated heterocycles. The number of aliphatic hydroxyl groups is 2. The molecule has 2 N–H and O–H groups in total. The molecule has 2 rings (SSSR count). The van der Waals surface area contributed by atoms with E-state index in [1.165, 1.54) is 0 Å². The van der Waals surface area contributed by atoms with E-state index in [0.717, 1.165) is 5.56 Å². The molecule has 0 aromatic heterocycles. The van der Waals surface area contributed by atoms with Gasteiger partial charge in [-0.05, 0) is 5.56 Å². The highest BCUT2D eigenvalue weighted by molar-refractivity contribution is 5.18. The molecule has 0 unspecified atom stereocenters. The minimum Gasteiger partial charge on any atom is -0.394 e. The molecular formula is C11H14O3. The average molecular weight is 194 g/mol. The Labute approximate surface area is 83.0 Å². The highest BCUT2D eigenvalue weighted by Crippen LogP contribution is 2.32. The van der Waals surface area contributed by atoms with Crippen molar-refractivity contribution in [1.82, 2.24) is 0 Å². The summed E-state index contributed by atoms with van der Waals surface area (Å²) >= 11 is 0. The van der Waals surface area contributed by atoms with Crippen molar-refractivity contribution in [3.63, 3.8) is 0 Å². The zero-order chi connectivity index (χ0) is 9.97. The van der Waals surface area contributed by atoms with Crippen LogP contribution in [0.1, 0.15) is 18.1 Å². The Morgan fingerprint density at radius 1 is 1.29 bits per heavy atom. The van der Waals surface area contributed by atoms with Gasteiger partial charge in [0, 0.05) is 6.42 Å². The molecule has 1 aromatic rings. The monoisotopic (exact) mass is 194 g/mol. The summed E-state index contributed by atoms with van der Waals surface area (Å²) in [4.78, 5) is 0. The van der Waals surface area contributed by atoms with E-state index in [4.69, 9.17) is 9.84 Å². The van der Waals surface area contributed by atoms with Crippen LogP contribution in [-0.2, 0) is 4.74 Å². The molecule has 0 amide bonds. The van der Waals surface area contributed by atoms with E-state index >= 15 is 0 Å². The Morgan fingerprint density at radius 2 is 2.00 bits per heavy atom. The molecule has 76 valence electrons. The molecule has 0 aliphatic carbocycles. The van der Waals surface area contributed by atoms with Gasteiger partial charge in [0.2, 0.25) is 0 Å². The van der Waals surface area contributed by atoms with Crippen LogP contribution < -0.4 is 0 Å². The quantitative estimate of drug-likeness (QED) is 0.734. The Bertz CT molecular complexity index is 286. The van der Waals surface area contributed by atoms with E-state index in [0.29, 0.717) is 6.42 Å². The van der Waals surface area contributed by atoms with Crippen LogP contribution in [0.3, 0.4) is 0 Å².